The normalized spacial score (nSPS) is 14.8. The third-order valence-electron chi connectivity index (χ3n) is 9.74. The maximum absolute atomic E-state index is 6.49. The first kappa shape index (κ1) is 26.9. The molecule has 1 aliphatic carbocycles. The molecule has 0 N–H and O–H groups in total. The van der Waals surface area contributed by atoms with Crippen molar-refractivity contribution >= 4 is 60.3 Å². The van der Waals surface area contributed by atoms with E-state index in [9.17, 15) is 0 Å². The molecule has 0 fully saturated rings. The lowest BCUT2D eigenvalue weighted by Gasteiger charge is -2.19. The third kappa shape index (κ3) is 4.16. The van der Waals surface area contributed by atoms with Gasteiger partial charge in [0.1, 0.15) is 17.0 Å². The highest BCUT2D eigenvalue weighted by Crippen LogP contribution is 2.41. The van der Waals surface area contributed by atoms with E-state index in [4.69, 9.17) is 14.4 Å². The van der Waals surface area contributed by atoms with Crippen LogP contribution >= 0.6 is 0 Å². The number of nitrogens with zero attached hydrogens (tertiary/aromatic N) is 3. The van der Waals surface area contributed by atoms with Gasteiger partial charge >= 0.3 is 0 Å². The smallest absolute Gasteiger partial charge is 0.145 e. The monoisotopic (exact) mass is 615 g/mol. The van der Waals surface area contributed by atoms with Gasteiger partial charge in [0.25, 0.3) is 0 Å². The van der Waals surface area contributed by atoms with E-state index >= 15 is 0 Å². The molecule has 1 aliphatic rings. The largest absolute Gasteiger partial charge is 0.455 e. The van der Waals surface area contributed by atoms with Crippen LogP contribution in [0.25, 0.3) is 82.7 Å². The number of hydrogen-bond donors (Lipinski definition) is 0. The number of furan rings is 1. The Morgan fingerprint density at radius 3 is 2.10 bits per heavy atom. The van der Waals surface area contributed by atoms with Gasteiger partial charge in [-0.25, -0.2) is 9.97 Å². The summed E-state index contributed by atoms with van der Waals surface area (Å²) >= 11 is 0. The topological polar surface area (TPSA) is 43.9 Å². The van der Waals surface area contributed by atoms with Crippen LogP contribution in [0.3, 0.4) is 0 Å². The Labute approximate surface area is 276 Å². The van der Waals surface area contributed by atoms with Crippen LogP contribution < -0.4 is 0 Å². The molecule has 0 saturated carbocycles. The van der Waals surface area contributed by atoms with Crippen molar-refractivity contribution in [3.63, 3.8) is 0 Å². The summed E-state index contributed by atoms with van der Waals surface area (Å²) in [5.41, 5.74) is 10.7. The molecule has 0 amide bonds. The quantitative estimate of drug-likeness (QED) is 0.198. The minimum absolute atomic E-state index is 0.0656. The van der Waals surface area contributed by atoms with Gasteiger partial charge in [-0.3, -0.25) is 0 Å². The molecule has 0 spiro atoms. The zero-order valence-corrected chi connectivity index (χ0v) is 26.0. The van der Waals surface area contributed by atoms with Crippen LogP contribution in [0.2, 0.25) is 0 Å². The molecule has 226 valence electrons. The van der Waals surface area contributed by atoms with E-state index in [2.05, 4.69) is 144 Å². The van der Waals surface area contributed by atoms with E-state index in [1.807, 2.05) is 18.2 Å². The van der Waals surface area contributed by atoms with Gasteiger partial charge in [-0.15, -0.1) is 0 Å². The minimum atomic E-state index is 0.0656. The molecule has 9 aromatic rings. The maximum Gasteiger partial charge on any atom is 0.145 e. The molecule has 0 bridgehead atoms. The van der Waals surface area contributed by atoms with Gasteiger partial charge in [0, 0.05) is 38.7 Å². The molecular weight excluding hydrogens is 587 g/mol. The molecule has 4 nitrogen and oxygen atoms in total. The molecule has 0 radical (unpaired) electrons. The molecule has 10 rings (SSSR count). The number of fused-ring (bicyclic) bond motifs is 8. The Bertz CT molecular complexity index is 2750. The Hall–Kier alpha value is -6.26. The summed E-state index contributed by atoms with van der Waals surface area (Å²) in [5.74, 6) is 0.907. The number of hydrogen-bond acceptors (Lipinski definition) is 3. The molecule has 0 saturated heterocycles. The summed E-state index contributed by atoms with van der Waals surface area (Å²) in [4.78, 5) is 10.3. The predicted octanol–water partition coefficient (Wildman–Crippen LogP) is 11.6. The van der Waals surface area contributed by atoms with E-state index < -0.39 is 0 Å². The zero-order valence-electron chi connectivity index (χ0n) is 26.0. The van der Waals surface area contributed by atoms with Crippen LogP contribution in [0.1, 0.15) is 18.2 Å². The summed E-state index contributed by atoms with van der Waals surface area (Å²) in [5, 5.41) is 5.69. The van der Waals surface area contributed by atoms with Crippen LogP contribution in [0, 0.1) is 0 Å². The summed E-state index contributed by atoms with van der Waals surface area (Å²) in [6, 6.07) is 48.9. The molecular formula is C44H29N3O. The van der Waals surface area contributed by atoms with Crippen molar-refractivity contribution in [1.82, 2.24) is 14.5 Å². The van der Waals surface area contributed by atoms with Gasteiger partial charge in [0.05, 0.1) is 27.6 Å². The van der Waals surface area contributed by atoms with Crippen LogP contribution in [-0.4, -0.2) is 14.5 Å². The van der Waals surface area contributed by atoms with E-state index in [1.165, 1.54) is 16.5 Å². The fraction of sp³-hybridized carbons (Fsp3) is 0.0455. The molecule has 6 aromatic carbocycles. The molecule has 48 heavy (non-hydrogen) atoms. The fourth-order valence-electron chi connectivity index (χ4n) is 7.41. The molecule has 0 aliphatic heterocycles. The van der Waals surface area contributed by atoms with Crippen molar-refractivity contribution in [2.24, 2.45) is 0 Å². The first-order valence-corrected chi connectivity index (χ1v) is 16.4. The highest BCUT2D eigenvalue weighted by molar-refractivity contribution is 6.24. The zero-order chi connectivity index (χ0) is 31.6. The summed E-state index contributed by atoms with van der Waals surface area (Å²) < 4.78 is 8.86. The van der Waals surface area contributed by atoms with Gasteiger partial charge < -0.3 is 8.98 Å². The summed E-state index contributed by atoms with van der Waals surface area (Å²) in [6.07, 6.45) is 7.63. The van der Waals surface area contributed by atoms with Gasteiger partial charge in [-0.1, -0.05) is 121 Å². The van der Waals surface area contributed by atoms with Crippen molar-refractivity contribution in [1.29, 1.82) is 0 Å². The number of rotatable bonds is 4. The second-order valence-electron chi connectivity index (χ2n) is 12.5. The van der Waals surface area contributed by atoms with Crippen LogP contribution in [0.4, 0.5) is 0 Å². The van der Waals surface area contributed by atoms with Gasteiger partial charge in [0.2, 0.25) is 0 Å². The molecule has 1 atom stereocenters. The highest BCUT2D eigenvalue weighted by Gasteiger charge is 2.22. The van der Waals surface area contributed by atoms with Crippen molar-refractivity contribution in [2.75, 3.05) is 0 Å². The van der Waals surface area contributed by atoms with Crippen molar-refractivity contribution in [3.05, 3.63) is 164 Å². The van der Waals surface area contributed by atoms with Crippen molar-refractivity contribution in [3.8, 4) is 22.4 Å². The van der Waals surface area contributed by atoms with Gasteiger partial charge in [0.15, 0.2) is 0 Å². The minimum Gasteiger partial charge on any atom is -0.455 e. The van der Waals surface area contributed by atoms with E-state index in [1.54, 1.807) is 0 Å². The van der Waals surface area contributed by atoms with Crippen molar-refractivity contribution in [2.45, 2.75) is 12.3 Å². The van der Waals surface area contributed by atoms with E-state index in [0.717, 1.165) is 78.5 Å². The molecule has 3 heterocycles. The SMILES string of the molecule is C1=CC(c2nc(-c3ccc(-c4ccccc4)cc3)c3ccccc3n2)CC=C1n1c2ccccc2c2c3oc4ccccc4c3ccc21. The van der Waals surface area contributed by atoms with Gasteiger partial charge in [-0.2, -0.15) is 0 Å². The fourth-order valence-corrected chi connectivity index (χ4v) is 7.41. The summed E-state index contributed by atoms with van der Waals surface area (Å²) in [6.45, 7) is 0. The highest BCUT2D eigenvalue weighted by atomic mass is 16.3. The second kappa shape index (κ2) is 10.6. The Kier molecular flexibility index (Phi) is 5.97. The molecule has 4 heteroatoms. The van der Waals surface area contributed by atoms with Crippen LogP contribution in [0.5, 0.6) is 0 Å². The van der Waals surface area contributed by atoms with Gasteiger partial charge in [-0.05, 0) is 54.0 Å². The number of allylic oxidation sites excluding steroid dienone is 4. The first-order valence-electron chi connectivity index (χ1n) is 16.4. The first-order chi connectivity index (χ1) is 23.8. The molecule has 1 unspecified atom stereocenters. The van der Waals surface area contributed by atoms with Crippen LogP contribution in [0.15, 0.2) is 162 Å². The lowest BCUT2D eigenvalue weighted by molar-refractivity contribution is 0.673. The van der Waals surface area contributed by atoms with E-state index in [0.29, 0.717) is 0 Å². The van der Waals surface area contributed by atoms with Crippen molar-refractivity contribution < 1.29 is 4.42 Å². The lowest BCUT2D eigenvalue weighted by atomic mass is 9.96. The maximum atomic E-state index is 6.49. The number of aromatic nitrogens is 3. The van der Waals surface area contributed by atoms with Crippen LogP contribution in [-0.2, 0) is 0 Å². The average Bonchev–Trinajstić information content (AvgIpc) is 3.71. The number of para-hydroxylation sites is 3. The van der Waals surface area contributed by atoms with E-state index in [-0.39, 0.29) is 5.92 Å². The lowest BCUT2D eigenvalue weighted by Crippen LogP contribution is -2.07. The third-order valence-corrected chi connectivity index (χ3v) is 9.74. The predicted molar refractivity (Wildman–Crippen MR) is 198 cm³/mol. The summed E-state index contributed by atoms with van der Waals surface area (Å²) in [7, 11) is 0. The Morgan fingerprint density at radius 1 is 0.562 bits per heavy atom. The Balaban J connectivity index is 1.05. The standard InChI is InChI=1S/C44H29N3O/c1-2-10-28(11-3-1)29-18-20-30(21-19-29)42-35-13-4-7-15-37(35)45-44(46-42)31-22-24-32(25-23-31)47-38-16-8-5-14-36(38)41-39(47)27-26-34-33-12-6-9-17-40(33)48-43(34)41/h1-22,24-27,31H,23H2. The number of benzene rings is 6. The molecule has 3 aromatic heterocycles. The second-order valence-corrected chi connectivity index (χ2v) is 12.5. The average molecular weight is 616 g/mol. The Morgan fingerprint density at radius 2 is 1.27 bits per heavy atom.